The van der Waals surface area contributed by atoms with Gasteiger partial charge in [0, 0.05) is 25.2 Å². The van der Waals surface area contributed by atoms with Crippen molar-refractivity contribution < 1.29 is 9.85 Å². The van der Waals surface area contributed by atoms with Crippen molar-refractivity contribution in [1.82, 2.24) is 14.9 Å². The molecule has 0 unspecified atom stereocenters. The van der Waals surface area contributed by atoms with Gasteiger partial charge in [0.05, 0.1) is 15.5 Å². The van der Waals surface area contributed by atoms with E-state index < -0.39 is 9.85 Å². The summed E-state index contributed by atoms with van der Waals surface area (Å²) in [6.45, 7) is 1.83. The molecular formula is C17H22N8O4. The van der Waals surface area contributed by atoms with E-state index in [4.69, 9.17) is 0 Å². The van der Waals surface area contributed by atoms with Crippen molar-refractivity contribution in [2.24, 2.45) is 0 Å². The number of likely N-dealkylation sites (tertiary alicyclic amines) is 1. The number of nitrogens with one attached hydrogen (secondary N) is 2. The first-order chi connectivity index (χ1) is 13.9. The number of hydrogen-bond acceptors (Lipinski definition) is 10. The second-order valence-corrected chi connectivity index (χ2v) is 6.85. The van der Waals surface area contributed by atoms with Crippen molar-refractivity contribution in [2.45, 2.75) is 18.9 Å². The standard InChI is InChI=1S/C17H22N8O4/c1-22-9-7-13(8-10-22)23(2)17-15(25(28)29)16(18-11-19-17)21-20-12-3-5-14(6-4-12)24(26)27/h3-6,11,13,20H,7-10H2,1-2H3,(H,18,19,21). The Balaban J connectivity index is 1.79. The van der Waals surface area contributed by atoms with E-state index in [1.807, 2.05) is 4.90 Å². The summed E-state index contributed by atoms with van der Waals surface area (Å²) in [6, 6.07) is 5.79. The van der Waals surface area contributed by atoms with Crippen LogP contribution in [0.5, 0.6) is 0 Å². The smallest absolute Gasteiger partial charge is 0.351 e. The average molecular weight is 402 g/mol. The van der Waals surface area contributed by atoms with E-state index in [-0.39, 0.29) is 29.1 Å². The molecule has 1 aromatic heterocycles. The average Bonchev–Trinajstić information content (AvgIpc) is 2.72. The zero-order valence-electron chi connectivity index (χ0n) is 16.1. The van der Waals surface area contributed by atoms with Gasteiger partial charge in [-0.15, -0.1) is 0 Å². The van der Waals surface area contributed by atoms with Crippen molar-refractivity contribution in [3.63, 3.8) is 0 Å². The first kappa shape index (κ1) is 20.2. The molecule has 0 radical (unpaired) electrons. The van der Waals surface area contributed by atoms with E-state index in [0.29, 0.717) is 5.69 Å². The molecule has 1 aliphatic rings. The molecule has 0 spiro atoms. The highest BCUT2D eigenvalue weighted by molar-refractivity contribution is 5.71. The van der Waals surface area contributed by atoms with Crippen molar-refractivity contribution in [3.8, 4) is 0 Å². The van der Waals surface area contributed by atoms with Crippen LogP contribution in [-0.2, 0) is 0 Å². The van der Waals surface area contributed by atoms with Crippen LogP contribution in [0.1, 0.15) is 12.8 Å². The van der Waals surface area contributed by atoms with Crippen LogP contribution < -0.4 is 15.8 Å². The maximum Gasteiger partial charge on any atom is 0.355 e. The molecule has 1 aliphatic heterocycles. The number of nitrogens with zero attached hydrogens (tertiary/aromatic N) is 6. The number of piperidine rings is 1. The topological polar surface area (TPSA) is 143 Å². The zero-order chi connectivity index (χ0) is 21.0. The SMILES string of the molecule is CN1CCC(N(C)c2ncnc(NNc3ccc([N+](=O)[O-])cc3)c2[N+](=O)[O-])CC1. The number of aromatic nitrogens is 2. The van der Waals surface area contributed by atoms with Gasteiger partial charge in [0.25, 0.3) is 5.69 Å². The highest BCUT2D eigenvalue weighted by Crippen LogP contribution is 2.33. The van der Waals surface area contributed by atoms with Crippen LogP contribution in [0.4, 0.5) is 28.7 Å². The van der Waals surface area contributed by atoms with Gasteiger partial charge in [0.15, 0.2) is 0 Å². The first-order valence-electron chi connectivity index (χ1n) is 9.04. The Bertz CT molecular complexity index is 884. The van der Waals surface area contributed by atoms with Gasteiger partial charge in [-0.3, -0.25) is 31.1 Å². The Morgan fingerprint density at radius 2 is 1.72 bits per heavy atom. The molecule has 154 valence electrons. The van der Waals surface area contributed by atoms with Gasteiger partial charge in [-0.1, -0.05) is 0 Å². The Labute approximate surface area is 166 Å². The number of rotatable bonds is 7. The summed E-state index contributed by atoms with van der Waals surface area (Å²) in [7, 11) is 3.86. The molecule has 0 saturated carbocycles. The van der Waals surface area contributed by atoms with Gasteiger partial charge in [-0.2, -0.15) is 0 Å². The number of nitro groups is 2. The lowest BCUT2D eigenvalue weighted by Gasteiger charge is -2.35. The van der Waals surface area contributed by atoms with Crippen molar-refractivity contribution >= 4 is 28.7 Å². The maximum absolute atomic E-state index is 11.8. The molecule has 1 fully saturated rings. The lowest BCUT2D eigenvalue weighted by Crippen LogP contribution is -2.42. The molecule has 3 rings (SSSR count). The molecule has 29 heavy (non-hydrogen) atoms. The molecule has 0 bridgehead atoms. The van der Waals surface area contributed by atoms with Crippen LogP contribution >= 0.6 is 0 Å². The molecule has 1 saturated heterocycles. The number of benzene rings is 1. The molecule has 1 aromatic carbocycles. The number of anilines is 3. The second kappa shape index (κ2) is 8.65. The van der Waals surface area contributed by atoms with E-state index in [9.17, 15) is 20.2 Å². The number of hydrazine groups is 1. The molecule has 0 aliphatic carbocycles. The maximum atomic E-state index is 11.8. The highest BCUT2D eigenvalue weighted by Gasteiger charge is 2.30. The second-order valence-electron chi connectivity index (χ2n) is 6.85. The van der Waals surface area contributed by atoms with E-state index in [2.05, 4.69) is 32.8 Å². The Hall–Kier alpha value is -3.54. The van der Waals surface area contributed by atoms with Gasteiger partial charge in [-0.05, 0) is 45.1 Å². The van der Waals surface area contributed by atoms with Gasteiger partial charge >= 0.3 is 5.69 Å². The molecule has 2 heterocycles. The predicted molar refractivity (Wildman–Crippen MR) is 108 cm³/mol. The molecule has 2 N–H and O–H groups in total. The minimum absolute atomic E-state index is 0.0122. The van der Waals surface area contributed by atoms with Crippen molar-refractivity contribution in [2.75, 3.05) is 42.9 Å². The van der Waals surface area contributed by atoms with Gasteiger partial charge in [0.2, 0.25) is 11.6 Å². The molecule has 12 nitrogen and oxygen atoms in total. The number of nitro benzene ring substituents is 1. The monoisotopic (exact) mass is 402 g/mol. The largest absolute Gasteiger partial charge is 0.355 e. The van der Waals surface area contributed by atoms with E-state index in [0.717, 1.165) is 25.9 Å². The Morgan fingerprint density at radius 1 is 1.07 bits per heavy atom. The summed E-state index contributed by atoms with van der Waals surface area (Å²) < 4.78 is 0. The third-order valence-electron chi connectivity index (χ3n) is 4.96. The fourth-order valence-electron chi connectivity index (χ4n) is 3.24. The number of hydrogen-bond donors (Lipinski definition) is 2. The van der Waals surface area contributed by atoms with Crippen LogP contribution in [-0.4, -0.2) is 57.9 Å². The molecule has 0 amide bonds. The normalized spacial score (nSPS) is 15.0. The summed E-state index contributed by atoms with van der Waals surface area (Å²) in [4.78, 5) is 33.7. The lowest BCUT2D eigenvalue weighted by molar-refractivity contribution is -0.384. The van der Waals surface area contributed by atoms with Crippen LogP contribution in [0.15, 0.2) is 30.6 Å². The van der Waals surface area contributed by atoms with E-state index in [1.54, 1.807) is 7.05 Å². The third kappa shape index (κ3) is 4.66. The highest BCUT2D eigenvalue weighted by atomic mass is 16.6. The van der Waals surface area contributed by atoms with Crippen LogP contribution in [0.3, 0.4) is 0 Å². The molecule has 0 atom stereocenters. The first-order valence-corrected chi connectivity index (χ1v) is 9.04. The van der Waals surface area contributed by atoms with Gasteiger partial charge in [0.1, 0.15) is 6.33 Å². The quantitative estimate of drug-likeness (QED) is 0.523. The van der Waals surface area contributed by atoms with E-state index in [1.165, 1.54) is 30.6 Å². The fourth-order valence-corrected chi connectivity index (χ4v) is 3.24. The molecule has 12 heteroatoms. The lowest BCUT2D eigenvalue weighted by atomic mass is 10.0. The summed E-state index contributed by atoms with van der Waals surface area (Å²) in [5.74, 6) is 0.255. The Kier molecular flexibility index (Phi) is 6.02. The summed E-state index contributed by atoms with van der Waals surface area (Å²) in [5.41, 5.74) is 5.71. The van der Waals surface area contributed by atoms with Crippen molar-refractivity contribution in [1.29, 1.82) is 0 Å². The van der Waals surface area contributed by atoms with E-state index >= 15 is 0 Å². The number of non-ortho nitro benzene ring substituents is 1. The minimum Gasteiger partial charge on any atom is -0.351 e. The van der Waals surface area contributed by atoms with Crippen LogP contribution in [0.25, 0.3) is 0 Å². The predicted octanol–water partition coefficient (Wildman–Crippen LogP) is 2.26. The van der Waals surface area contributed by atoms with Crippen LogP contribution in [0.2, 0.25) is 0 Å². The molecular weight excluding hydrogens is 380 g/mol. The summed E-state index contributed by atoms with van der Waals surface area (Å²) >= 11 is 0. The van der Waals surface area contributed by atoms with Gasteiger partial charge < -0.3 is 9.80 Å². The van der Waals surface area contributed by atoms with Gasteiger partial charge in [-0.25, -0.2) is 9.97 Å². The zero-order valence-corrected chi connectivity index (χ0v) is 16.1. The fraction of sp³-hybridized carbons (Fsp3) is 0.412. The summed E-state index contributed by atoms with van der Waals surface area (Å²) in [5, 5.41) is 22.5. The third-order valence-corrected chi connectivity index (χ3v) is 4.96. The summed E-state index contributed by atoms with van der Waals surface area (Å²) in [6.07, 6.45) is 3.05. The van der Waals surface area contributed by atoms with Crippen molar-refractivity contribution in [3.05, 3.63) is 50.8 Å². The minimum atomic E-state index is -0.513. The van der Waals surface area contributed by atoms with Crippen LogP contribution in [0, 0.1) is 20.2 Å². The molecule has 2 aromatic rings. The Morgan fingerprint density at radius 3 is 2.31 bits per heavy atom.